The van der Waals surface area contributed by atoms with Gasteiger partial charge in [0.1, 0.15) is 6.10 Å². The Hall–Kier alpha value is -1.59. The maximum absolute atomic E-state index is 11.7. The average Bonchev–Trinajstić information content (AvgIpc) is 2.76. The van der Waals surface area contributed by atoms with E-state index in [1.165, 1.54) is 6.92 Å². The minimum atomic E-state index is -0.501. The molecule has 4 nitrogen and oxygen atoms in total. The Morgan fingerprint density at radius 2 is 1.69 bits per heavy atom. The van der Waals surface area contributed by atoms with E-state index in [0.29, 0.717) is 6.42 Å². The highest BCUT2D eigenvalue weighted by Gasteiger charge is 2.53. The Labute approximate surface area is 158 Å². The minimum absolute atomic E-state index is 0.0474. The second-order valence-corrected chi connectivity index (χ2v) is 8.02. The van der Waals surface area contributed by atoms with Crippen LogP contribution in [-0.4, -0.2) is 30.4 Å². The lowest BCUT2D eigenvalue weighted by atomic mass is 9.68. The van der Waals surface area contributed by atoms with Crippen molar-refractivity contribution in [3.8, 4) is 0 Å². The Kier molecular flexibility index (Phi) is 6.35. The lowest BCUT2D eigenvalue weighted by Crippen LogP contribution is -2.41. The first kappa shape index (κ1) is 20.7. The number of ether oxygens (including phenoxy) is 1. The van der Waals surface area contributed by atoms with E-state index >= 15 is 0 Å². The van der Waals surface area contributed by atoms with E-state index in [9.17, 15) is 4.79 Å². The normalized spacial score (nSPS) is 20.5. The molecule has 142 valence electrons. The van der Waals surface area contributed by atoms with Gasteiger partial charge in [0.2, 0.25) is 0 Å². The van der Waals surface area contributed by atoms with Gasteiger partial charge in [-0.3, -0.25) is 4.79 Å². The number of carbonyl (C=O) groups is 1. The molecule has 0 aliphatic carbocycles. The Morgan fingerprint density at radius 3 is 2.15 bits per heavy atom. The van der Waals surface area contributed by atoms with E-state index in [0.717, 1.165) is 17.5 Å². The SMILES string of the molecule is C=C(B1OC(C)(C)C(C)(C)O1)[C@@H](CC)[C@H](Cc1ccccc1)OC(C)=O. The standard InChI is InChI=1S/C21H31BO4/c1-8-18(15(2)22-25-20(4,5)21(6,7)26-22)19(24-16(3)23)14-17-12-10-9-11-13-17/h9-13,18-19H,2,8,14H2,1,3-7H3/t18-,19+/m1/s1. The van der Waals surface area contributed by atoms with Crippen LogP contribution in [0.4, 0.5) is 0 Å². The summed E-state index contributed by atoms with van der Waals surface area (Å²) in [5, 5.41) is 0. The van der Waals surface area contributed by atoms with E-state index in [1.807, 2.05) is 58.0 Å². The summed E-state index contributed by atoms with van der Waals surface area (Å²) < 4.78 is 18.0. The lowest BCUT2D eigenvalue weighted by Gasteiger charge is -2.32. The fraction of sp³-hybridized carbons (Fsp3) is 0.571. The van der Waals surface area contributed by atoms with Crippen LogP contribution in [0.5, 0.6) is 0 Å². The van der Waals surface area contributed by atoms with Gasteiger partial charge in [0.15, 0.2) is 0 Å². The van der Waals surface area contributed by atoms with Crippen LogP contribution in [0.1, 0.15) is 53.5 Å². The molecular weight excluding hydrogens is 327 g/mol. The summed E-state index contributed by atoms with van der Waals surface area (Å²) >= 11 is 0. The molecule has 1 fully saturated rings. The Bertz CT molecular complexity index is 623. The van der Waals surface area contributed by atoms with Crippen LogP contribution in [0.3, 0.4) is 0 Å². The molecule has 0 saturated carbocycles. The molecule has 0 amide bonds. The number of benzene rings is 1. The quantitative estimate of drug-likeness (QED) is 0.536. The van der Waals surface area contributed by atoms with Crippen molar-refractivity contribution in [2.24, 2.45) is 5.92 Å². The molecule has 1 aromatic carbocycles. The summed E-state index contributed by atoms with van der Waals surface area (Å²) in [5.41, 5.74) is 1.11. The Morgan fingerprint density at radius 1 is 1.15 bits per heavy atom. The van der Waals surface area contributed by atoms with E-state index in [2.05, 4.69) is 13.5 Å². The molecule has 0 unspecified atom stereocenters. The molecule has 1 aliphatic heterocycles. The lowest BCUT2D eigenvalue weighted by molar-refractivity contribution is -0.148. The van der Waals surface area contributed by atoms with E-state index < -0.39 is 18.3 Å². The summed E-state index contributed by atoms with van der Waals surface area (Å²) in [4.78, 5) is 11.7. The monoisotopic (exact) mass is 358 g/mol. The van der Waals surface area contributed by atoms with E-state index in [-0.39, 0.29) is 18.0 Å². The maximum atomic E-state index is 11.7. The molecule has 2 atom stereocenters. The third kappa shape index (κ3) is 4.57. The number of rotatable bonds is 7. The summed E-state index contributed by atoms with van der Waals surface area (Å²) in [5.74, 6) is -0.333. The van der Waals surface area contributed by atoms with Crippen molar-refractivity contribution in [2.75, 3.05) is 0 Å². The molecule has 1 saturated heterocycles. The van der Waals surface area contributed by atoms with Crippen molar-refractivity contribution in [2.45, 2.75) is 71.7 Å². The van der Waals surface area contributed by atoms with Crippen molar-refractivity contribution in [1.29, 1.82) is 0 Å². The maximum Gasteiger partial charge on any atom is 0.490 e. The van der Waals surface area contributed by atoms with Crippen LogP contribution >= 0.6 is 0 Å². The molecule has 0 radical (unpaired) electrons. The summed E-state index contributed by atoms with van der Waals surface area (Å²) in [6.07, 6.45) is 1.12. The van der Waals surface area contributed by atoms with Crippen molar-refractivity contribution in [3.05, 3.63) is 47.9 Å². The minimum Gasteiger partial charge on any atom is -0.462 e. The van der Waals surface area contributed by atoms with Crippen LogP contribution in [0.15, 0.2) is 42.4 Å². The summed E-state index contributed by atoms with van der Waals surface area (Å²) in [6, 6.07) is 10.0. The highest BCUT2D eigenvalue weighted by Crippen LogP contribution is 2.40. The third-order valence-corrected chi connectivity index (χ3v) is 5.52. The molecule has 1 aliphatic rings. The highest BCUT2D eigenvalue weighted by molar-refractivity contribution is 6.54. The van der Waals surface area contributed by atoms with Crippen molar-refractivity contribution in [1.82, 2.24) is 0 Å². The van der Waals surface area contributed by atoms with E-state index in [4.69, 9.17) is 14.0 Å². The highest BCUT2D eigenvalue weighted by atomic mass is 16.7. The fourth-order valence-electron chi connectivity index (χ4n) is 3.26. The smallest absolute Gasteiger partial charge is 0.462 e. The number of esters is 1. The van der Waals surface area contributed by atoms with Gasteiger partial charge in [-0.15, -0.1) is 6.58 Å². The predicted octanol–water partition coefficient (Wildman–Crippen LogP) is 4.37. The first-order chi connectivity index (χ1) is 12.1. The number of hydrogen-bond donors (Lipinski definition) is 0. The van der Waals surface area contributed by atoms with Gasteiger partial charge in [-0.1, -0.05) is 37.3 Å². The fourth-order valence-corrected chi connectivity index (χ4v) is 3.26. The molecule has 1 heterocycles. The van der Waals surface area contributed by atoms with Gasteiger partial charge >= 0.3 is 13.1 Å². The largest absolute Gasteiger partial charge is 0.490 e. The summed E-state index contributed by atoms with van der Waals surface area (Å²) in [6.45, 7) is 15.9. The van der Waals surface area contributed by atoms with Gasteiger partial charge in [0, 0.05) is 19.3 Å². The molecule has 5 heteroatoms. The molecule has 26 heavy (non-hydrogen) atoms. The topological polar surface area (TPSA) is 44.8 Å². The van der Waals surface area contributed by atoms with Crippen LogP contribution in [0.2, 0.25) is 0 Å². The van der Waals surface area contributed by atoms with Gasteiger partial charge in [-0.25, -0.2) is 0 Å². The third-order valence-electron chi connectivity index (χ3n) is 5.52. The number of hydrogen-bond acceptors (Lipinski definition) is 4. The molecule has 2 rings (SSSR count). The van der Waals surface area contributed by atoms with Crippen LogP contribution in [-0.2, 0) is 25.3 Å². The van der Waals surface area contributed by atoms with E-state index in [1.54, 1.807) is 0 Å². The van der Waals surface area contributed by atoms with Crippen molar-refractivity contribution >= 4 is 13.1 Å². The predicted molar refractivity (Wildman–Crippen MR) is 105 cm³/mol. The zero-order valence-electron chi connectivity index (χ0n) is 16.9. The van der Waals surface area contributed by atoms with Gasteiger partial charge < -0.3 is 14.0 Å². The van der Waals surface area contributed by atoms with Crippen LogP contribution in [0, 0.1) is 5.92 Å². The van der Waals surface area contributed by atoms with Crippen LogP contribution < -0.4 is 0 Å². The molecule has 0 N–H and O–H groups in total. The molecule has 0 spiro atoms. The molecular formula is C21H31BO4. The zero-order valence-corrected chi connectivity index (χ0v) is 16.9. The summed E-state index contributed by atoms with van der Waals surface area (Å²) in [7, 11) is -0.501. The second-order valence-electron chi connectivity index (χ2n) is 8.02. The Balaban J connectivity index is 2.21. The van der Waals surface area contributed by atoms with Crippen LogP contribution in [0.25, 0.3) is 0 Å². The number of carbonyl (C=O) groups excluding carboxylic acids is 1. The van der Waals surface area contributed by atoms with Gasteiger partial charge in [-0.05, 0) is 45.2 Å². The molecule has 0 bridgehead atoms. The zero-order chi connectivity index (χ0) is 19.5. The van der Waals surface area contributed by atoms with Gasteiger partial charge in [0.25, 0.3) is 0 Å². The van der Waals surface area contributed by atoms with Crippen molar-refractivity contribution in [3.63, 3.8) is 0 Å². The first-order valence-corrected chi connectivity index (χ1v) is 9.33. The van der Waals surface area contributed by atoms with Gasteiger partial charge in [0.05, 0.1) is 11.2 Å². The average molecular weight is 358 g/mol. The van der Waals surface area contributed by atoms with Gasteiger partial charge in [-0.2, -0.15) is 0 Å². The second kappa shape index (κ2) is 7.97. The molecule has 0 aromatic heterocycles. The van der Waals surface area contributed by atoms with Crippen molar-refractivity contribution < 1.29 is 18.8 Å². The molecule has 1 aromatic rings. The first-order valence-electron chi connectivity index (χ1n) is 9.33.